The summed E-state index contributed by atoms with van der Waals surface area (Å²) in [4.78, 5) is 24.8. The van der Waals surface area contributed by atoms with Crippen molar-refractivity contribution in [2.24, 2.45) is 4.99 Å². The predicted octanol–water partition coefficient (Wildman–Crippen LogP) is 7.88. The first-order valence-electron chi connectivity index (χ1n) is 14.9. The molecule has 6 rings (SSSR count). The molecule has 8 nitrogen and oxygen atoms in total. The van der Waals surface area contributed by atoms with Gasteiger partial charge in [0.15, 0.2) is 0 Å². The Kier molecular flexibility index (Phi) is 8.56. The molecule has 1 aliphatic rings. The van der Waals surface area contributed by atoms with E-state index in [-0.39, 0.29) is 18.4 Å². The van der Waals surface area contributed by atoms with Gasteiger partial charge < -0.3 is 19.3 Å². The maximum absolute atomic E-state index is 13.2. The number of rotatable bonds is 9. The van der Waals surface area contributed by atoms with Crippen LogP contribution in [0.4, 0.5) is 11.4 Å². The van der Waals surface area contributed by atoms with Gasteiger partial charge in [-0.3, -0.25) is 4.79 Å². The number of thiophene rings is 1. The van der Waals surface area contributed by atoms with Gasteiger partial charge >= 0.3 is 5.97 Å². The Bertz CT molecular complexity index is 1780. The first kappa shape index (κ1) is 29.3. The number of anilines is 1. The van der Waals surface area contributed by atoms with Crippen LogP contribution in [0.15, 0.2) is 89.9 Å². The van der Waals surface area contributed by atoms with Crippen LogP contribution in [0, 0.1) is 0 Å². The number of hydrogen-bond donors (Lipinski definition) is 0. The average molecular weight is 606 g/mol. The molecule has 224 valence electrons. The summed E-state index contributed by atoms with van der Waals surface area (Å²) in [7, 11) is 1.65. The Morgan fingerprint density at radius 1 is 0.886 bits per heavy atom. The highest BCUT2D eigenvalue weighted by Gasteiger charge is 2.39. The summed E-state index contributed by atoms with van der Waals surface area (Å²) in [5.41, 5.74) is 5.53. The van der Waals surface area contributed by atoms with E-state index in [1.807, 2.05) is 67.6 Å². The van der Waals surface area contributed by atoms with Gasteiger partial charge in [-0.1, -0.05) is 60.7 Å². The monoisotopic (exact) mass is 605 g/mol. The van der Waals surface area contributed by atoms with Gasteiger partial charge in [0.05, 0.1) is 36.7 Å². The normalized spacial score (nSPS) is 14.2. The minimum absolute atomic E-state index is 0.152. The lowest BCUT2D eigenvalue weighted by Crippen LogP contribution is -2.48. The third kappa shape index (κ3) is 5.39. The molecule has 0 amide bonds. The fraction of sp³-hybridized carbons (Fsp3) is 0.257. The van der Waals surface area contributed by atoms with Crippen LogP contribution in [0.2, 0.25) is 0 Å². The summed E-state index contributed by atoms with van der Waals surface area (Å²) in [6, 6.07) is 27.9. The van der Waals surface area contributed by atoms with E-state index in [0.717, 1.165) is 73.7 Å². The van der Waals surface area contributed by atoms with Gasteiger partial charge in [-0.15, -0.1) is 21.5 Å². The fourth-order valence-electron chi connectivity index (χ4n) is 5.75. The Morgan fingerprint density at radius 2 is 1.55 bits per heavy atom. The number of methoxy groups -OCH3 is 1. The molecule has 1 unspecified atom stereocenters. The van der Waals surface area contributed by atoms with Crippen LogP contribution >= 0.6 is 11.3 Å². The Hall–Kier alpha value is -4.76. The van der Waals surface area contributed by atoms with Crippen molar-refractivity contribution in [3.63, 3.8) is 0 Å². The van der Waals surface area contributed by atoms with Gasteiger partial charge in [0.2, 0.25) is 5.96 Å². The van der Waals surface area contributed by atoms with Crippen molar-refractivity contribution in [3.05, 3.63) is 89.8 Å². The summed E-state index contributed by atoms with van der Waals surface area (Å²) < 4.78 is 11.0. The minimum Gasteiger partial charge on any atom is -0.497 e. The summed E-state index contributed by atoms with van der Waals surface area (Å²) in [5.74, 6) is 1.27. The van der Waals surface area contributed by atoms with Crippen LogP contribution in [-0.4, -0.2) is 53.8 Å². The smallest absolute Gasteiger partial charge is 0.308 e. The van der Waals surface area contributed by atoms with Crippen LogP contribution in [-0.2, 0) is 9.53 Å². The van der Waals surface area contributed by atoms with Gasteiger partial charge in [-0.25, -0.2) is 4.99 Å². The minimum atomic E-state index is -0.367. The highest BCUT2D eigenvalue weighted by atomic mass is 32.1. The molecule has 1 atom stereocenters. The molecule has 0 N–H and O–H groups in total. The predicted molar refractivity (Wildman–Crippen MR) is 178 cm³/mol. The maximum atomic E-state index is 13.2. The zero-order chi connectivity index (χ0) is 30.6. The summed E-state index contributed by atoms with van der Waals surface area (Å²) in [5, 5.41) is 10.5. The van der Waals surface area contributed by atoms with Crippen LogP contribution < -0.4 is 9.64 Å². The molecule has 0 bridgehead atoms. The molecular weight excluding hydrogens is 570 g/mol. The number of carbonyl (C=O) groups excluding carboxylic acids is 1. The molecule has 0 spiro atoms. The molecule has 0 aliphatic carbocycles. The van der Waals surface area contributed by atoms with E-state index in [1.54, 1.807) is 18.4 Å². The zero-order valence-corrected chi connectivity index (χ0v) is 26.2. The highest BCUT2D eigenvalue weighted by molar-refractivity contribution is 7.19. The molecule has 0 saturated heterocycles. The Labute approximate surface area is 261 Å². The van der Waals surface area contributed by atoms with E-state index in [1.165, 1.54) is 0 Å². The largest absolute Gasteiger partial charge is 0.497 e. The SMILES string of the molecule is CCOC(=O)CC1c2sc3nnc(-c4ccccc4)c(-c4ccccc4)c3c2N=C(N(CC)CC)N1c1ccc(OC)cc1. The number of fused-ring (bicyclic) bond motifs is 3. The third-order valence-corrected chi connectivity index (χ3v) is 9.00. The quantitative estimate of drug-likeness (QED) is 0.158. The van der Waals surface area contributed by atoms with Crippen LogP contribution in [0.25, 0.3) is 32.6 Å². The number of benzene rings is 3. The lowest BCUT2D eigenvalue weighted by atomic mass is 9.95. The number of aromatic nitrogens is 2. The molecule has 0 fully saturated rings. The second kappa shape index (κ2) is 12.9. The van der Waals surface area contributed by atoms with Gasteiger partial charge in [0.1, 0.15) is 16.3 Å². The van der Waals surface area contributed by atoms with E-state index in [4.69, 9.17) is 24.7 Å². The average Bonchev–Trinajstić information content (AvgIpc) is 3.45. The summed E-state index contributed by atoms with van der Waals surface area (Å²) in [6.45, 7) is 7.87. The number of ether oxygens (including phenoxy) is 2. The van der Waals surface area contributed by atoms with Gasteiger partial charge in [0.25, 0.3) is 0 Å². The van der Waals surface area contributed by atoms with E-state index in [0.29, 0.717) is 6.61 Å². The fourth-order valence-corrected chi connectivity index (χ4v) is 6.91. The van der Waals surface area contributed by atoms with E-state index in [9.17, 15) is 4.79 Å². The molecule has 1 aliphatic heterocycles. The molecule has 3 aromatic carbocycles. The number of nitrogens with zero attached hydrogens (tertiary/aromatic N) is 5. The molecule has 3 heterocycles. The van der Waals surface area contributed by atoms with Crippen molar-refractivity contribution >= 4 is 44.9 Å². The van der Waals surface area contributed by atoms with Gasteiger partial charge in [0, 0.05) is 35.3 Å². The molecule has 2 aromatic heterocycles. The Morgan fingerprint density at radius 3 is 2.16 bits per heavy atom. The maximum Gasteiger partial charge on any atom is 0.308 e. The molecule has 5 aromatic rings. The number of esters is 1. The van der Waals surface area contributed by atoms with Crippen LogP contribution in [0.5, 0.6) is 5.75 Å². The van der Waals surface area contributed by atoms with Crippen molar-refractivity contribution in [2.75, 3.05) is 31.7 Å². The van der Waals surface area contributed by atoms with E-state index >= 15 is 0 Å². The van der Waals surface area contributed by atoms with Crippen molar-refractivity contribution in [3.8, 4) is 28.1 Å². The number of guanidine groups is 1. The summed E-state index contributed by atoms with van der Waals surface area (Å²) >= 11 is 1.54. The number of hydrogen-bond acceptors (Lipinski definition) is 9. The van der Waals surface area contributed by atoms with Crippen molar-refractivity contribution in [1.29, 1.82) is 0 Å². The highest BCUT2D eigenvalue weighted by Crippen LogP contribution is 2.52. The first-order valence-corrected chi connectivity index (χ1v) is 15.8. The Balaban J connectivity index is 1.67. The van der Waals surface area contributed by atoms with Crippen LogP contribution in [0.1, 0.15) is 38.1 Å². The third-order valence-electron chi connectivity index (χ3n) is 7.83. The molecule has 0 radical (unpaired) electrons. The lowest BCUT2D eigenvalue weighted by Gasteiger charge is -2.40. The molecule has 44 heavy (non-hydrogen) atoms. The van der Waals surface area contributed by atoms with Crippen molar-refractivity contribution in [1.82, 2.24) is 15.1 Å². The lowest BCUT2D eigenvalue weighted by molar-refractivity contribution is -0.143. The van der Waals surface area contributed by atoms with E-state index in [2.05, 4.69) is 47.9 Å². The van der Waals surface area contributed by atoms with Gasteiger partial charge in [-0.05, 0) is 50.6 Å². The second-order valence-electron chi connectivity index (χ2n) is 10.3. The van der Waals surface area contributed by atoms with Gasteiger partial charge in [-0.2, -0.15) is 0 Å². The molecular formula is C35H35N5O3S. The zero-order valence-electron chi connectivity index (χ0n) is 25.4. The topological polar surface area (TPSA) is 80.1 Å². The van der Waals surface area contributed by atoms with Crippen molar-refractivity contribution < 1.29 is 14.3 Å². The summed E-state index contributed by atoms with van der Waals surface area (Å²) in [6.07, 6.45) is 0.152. The van der Waals surface area contributed by atoms with E-state index < -0.39 is 0 Å². The second-order valence-corrected chi connectivity index (χ2v) is 11.4. The number of aliphatic imine (C=N–C) groups is 1. The van der Waals surface area contributed by atoms with Crippen molar-refractivity contribution in [2.45, 2.75) is 33.2 Å². The number of carbonyl (C=O) groups is 1. The molecule has 0 saturated carbocycles. The first-order chi connectivity index (χ1) is 21.6. The molecule has 9 heteroatoms. The van der Waals surface area contributed by atoms with Crippen LogP contribution in [0.3, 0.4) is 0 Å². The standard InChI is InChI=1S/C35H35N5O3S/c1-5-39(6-2)35-36-32-30-29(23-14-10-8-11-15-23)31(24-16-12-9-13-17-24)37-38-34(30)44-33(32)27(22-28(41)43-7-3)40(35)25-18-20-26(42-4)21-19-25/h8-21,27H,5-7,22H2,1-4H3.